The van der Waals surface area contributed by atoms with Crippen molar-refractivity contribution in [3.05, 3.63) is 47.1 Å². The molecular weight excluding hydrogens is 240 g/mol. The van der Waals surface area contributed by atoms with E-state index in [0.717, 1.165) is 12.8 Å². The first-order chi connectivity index (χ1) is 9.06. The first kappa shape index (κ1) is 13.7. The highest BCUT2D eigenvalue weighted by Crippen LogP contribution is 2.24. The lowest BCUT2D eigenvalue weighted by atomic mass is 9.97. The second kappa shape index (κ2) is 5.93. The minimum absolute atomic E-state index is 0.133. The van der Waals surface area contributed by atoms with E-state index in [-0.39, 0.29) is 17.7 Å². The number of carbonyl (C=O) groups excluding carboxylic acids is 2. The zero-order chi connectivity index (χ0) is 13.8. The van der Waals surface area contributed by atoms with Crippen molar-refractivity contribution >= 4 is 11.6 Å². The molecule has 0 amide bonds. The number of hydrogen-bond acceptors (Lipinski definition) is 3. The smallest absolute Gasteiger partial charge is 0.185 e. The van der Waals surface area contributed by atoms with Crippen molar-refractivity contribution in [3.63, 3.8) is 0 Å². The van der Waals surface area contributed by atoms with Crippen molar-refractivity contribution < 1.29 is 14.3 Å². The summed E-state index contributed by atoms with van der Waals surface area (Å²) < 4.78 is 5.59. The molecule has 1 atom stereocenters. The molecule has 0 N–H and O–H groups in total. The van der Waals surface area contributed by atoms with Crippen molar-refractivity contribution in [1.82, 2.24) is 0 Å². The minimum Gasteiger partial charge on any atom is -0.365 e. The third-order valence-corrected chi connectivity index (χ3v) is 3.14. The van der Waals surface area contributed by atoms with Crippen molar-refractivity contribution in [2.24, 2.45) is 0 Å². The highest BCUT2D eigenvalue weighted by Gasteiger charge is 2.25. The lowest BCUT2D eigenvalue weighted by Crippen LogP contribution is -2.19. The van der Waals surface area contributed by atoms with Gasteiger partial charge in [-0.1, -0.05) is 11.6 Å². The largest absolute Gasteiger partial charge is 0.365 e. The average molecular weight is 258 g/mol. The Bertz CT molecular complexity index is 514. The summed E-state index contributed by atoms with van der Waals surface area (Å²) in [5.74, 6) is -0.281. The van der Waals surface area contributed by atoms with Gasteiger partial charge in [-0.15, -0.1) is 0 Å². The minimum atomic E-state index is -0.358. The second-order valence-electron chi connectivity index (χ2n) is 5.08. The van der Waals surface area contributed by atoms with Gasteiger partial charge in [0.15, 0.2) is 11.6 Å². The highest BCUT2D eigenvalue weighted by atomic mass is 16.5. The summed E-state index contributed by atoms with van der Waals surface area (Å²) in [6, 6.07) is 0. The van der Waals surface area contributed by atoms with E-state index in [1.54, 1.807) is 0 Å². The SMILES string of the molecule is CC(C)=CCCC1=CC(C2=CC(=O)C=CC2=O)OC1. The summed E-state index contributed by atoms with van der Waals surface area (Å²) in [5.41, 5.74) is 2.94. The molecule has 0 saturated carbocycles. The molecule has 2 aliphatic rings. The molecule has 1 aliphatic carbocycles. The molecule has 0 saturated heterocycles. The molecule has 0 spiro atoms. The number of ketones is 2. The molecule has 0 radical (unpaired) electrons. The average Bonchev–Trinajstić information content (AvgIpc) is 2.80. The van der Waals surface area contributed by atoms with Crippen molar-refractivity contribution in [2.45, 2.75) is 32.8 Å². The van der Waals surface area contributed by atoms with Gasteiger partial charge in [0.05, 0.1) is 6.61 Å². The number of ether oxygens (including phenoxy) is 1. The predicted molar refractivity (Wildman–Crippen MR) is 73.7 cm³/mol. The molecule has 1 heterocycles. The Kier molecular flexibility index (Phi) is 4.27. The van der Waals surface area contributed by atoms with E-state index < -0.39 is 0 Å². The number of rotatable bonds is 4. The van der Waals surface area contributed by atoms with Crippen molar-refractivity contribution in [1.29, 1.82) is 0 Å². The lowest BCUT2D eigenvalue weighted by Gasteiger charge is -2.12. The maximum atomic E-state index is 11.7. The standard InChI is InChI=1S/C16H18O3/c1-11(2)4-3-5-12-8-16(19-10-12)14-9-13(17)6-7-15(14)18/h4,6-9,16H,3,5,10H2,1-2H3. The molecule has 1 aliphatic heterocycles. The van der Waals surface area contributed by atoms with E-state index in [0.29, 0.717) is 12.2 Å². The Hall–Kier alpha value is -1.74. The summed E-state index contributed by atoms with van der Waals surface area (Å²) in [6.07, 6.45) is 9.70. The summed E-state index contributed by atoms with van der Waals surface area (Å²) in [5, 5.41) is 0. The van der Waals surface area contributed by atoms with Crippen molar-refractivity contribution in [3.8, 4) is 0 Å². The van der Waals surface area contributed by atoms with Gasteiger partial charge in [-0.25, -0.2) is 0 Å². The van der Waals surface area contributed by atoms with Crippen LogP contribution in [0.3, 0.4) is 0 Å². The van der Waals surface area contributed by atoms with Gasteiger partial charge in [-0.05, 0) is 56.6 Å². The first-order valence-corrected chi connectivity index (χ1v) is 6.49. The van der Waals surface area contributed by atoms with E-state index in [2.05, 4.69) is 19.9 Å². The molecule has 0 aromatic rings. The third-order valence-electron chi connectivity index (χ3n) is 3.14. The maximum Gasteiger partial charge on any atom is 0.185 e. The summed E-state index contributed by atoms with van der Waals surface area (Å²) in [4.78, 5) is 23.0. The van der Waals surface area contributed by atoms with Gasteiger partial charge < -0.3 is 4.74 Å². The Labute approximate surface area is 113 Å². The van der Waals surface area contributed by atoms with Gasteiger partial charge in [0.25, 0.3) is 0 Å². The van der Waals surface area contributed by atoms with Gasteiger partial charge in [-0.2, -0.15) is 0 Å². The topological polar surface area (TPSA) is 43.4 Å². The molecular formula is C16H18O3. The first-order valence-electron chi connectivity index (χ1n) is 6.49. The van der Waals surface area contributed by atoms with Crippen molar-refractivity contribution in [2.75, 3.05) is 6.61 Å². The van der Waals surface area contributed by atoms with E-state index in [9.17, 15) is 9.59 Å². The van der Waals surface area contributed by atoms with Crippen LogP contribution in [-0.4, -0.2) is 24.3 Å². The van der Waals surface area contributed by atoms with Crippen LogP contribution in [0, 0.1) is 0 Å². The zero-order valence-corrected chi connectivity index (χ0v) is 11.3. The number of allylic oxidation sites excluding steroid dienone is 5. The molecule has 100 valence electrons. The normalized spacial score (nSPS) is 22.3. The maximum absolute atomic E-state index is 11.7. The van der Waals surface area contributed by atoms with Gasteiger partial charge in [0.1, 0.15) is 6.10 Å². The van der Waals surface area contributed by atoms with Gasteiger partial charge in [0.2, 0.25) is 0 Å². The fourth-order valence-corrected chi connectivity index (χ4v) is 2.14. The second-order valence-corrected chi connectivity index (χ2v) is 5.08. The molecule has 0 aromatic carbocycles. The molecule has 2 rings (SSSR count). The van der Waals surface area contributed by atoms with Crippen LogP contribution in [0.5, 0.6) is 0 Å². The summed E-state index contributed by atoms with van der Waals surface area (Å²) in [7, 11) is 0. The van der Waals surface area contributed by atoms with E-state index in [4.69, 9.17) is 4.74 Å². The van der Waals surface area contributed by atoms with Gasteiger partial charge in [0, 0.05) is 5.57 Å². The number of hydrogen-bond donors (Lipinski definition) is 0. The van der Waals surface area contributed by atoms with Crippen LogP contribution < -0.4 is 0 Å². The monoisotopic (exact) mass is 258 g/mol. The van der Waals surface area contributed by atoms with Crippen LogP contribution in [0.15, 0.2) is 47.1 Å². The Morgan fingerprint density at radius 3 is 2.89 bits per heavy atom. The molecule has 0 aromatic heterocycles. The molecule has 3 nitrogen and oxygen atoms in total. The Morgan fingerprint density at radius 2 is 2.16 bits per heavy atom. The zero-order valence-electron chi connectivity index (χ0n) is 11.3. The molecule has 0 bridgehead atoms. The third kappa shape index (κ3) is 3.61. The highest BCUT2D eigenvalue weighted by molar-refractivity contribution is 6.17. The Balaban J connectivity index is 2.00. The quantitative estimate of drug-likeness (QED) is 0.575. The van der Waals surface area contributed by atoms with E-state index in [1.165, 1.54) is 29.4 Å². The van der Waals surface area contributed by atoms with Gasteiger partial charge in [-0.3, -0.25) is 9.59 Å². The van der Waals surface area contributed by atoms with Crippen LogP contribution in [0.1, 0.15) is 26.7 Å². The molecule has 19 heavy (non-hydrogen) atoms. The Morgan fingerprint density at radius 1 is 1.37 bits per heavy atom. The fraction of sp³-hybridized carbons (Fsp3) is 0.375. The van der Waals surface area contributed by atoms with Crippen LogP contribution in [0.25, 0.3) is 0 Å². The van der Waals surface area contributed by atoms with E-state index >= 15 is 0 Å². The summed E-state index contributed by atoms with van der Waals surface area (Å²) in [6.45, 7) is 4.70. The molecule has 1 unspecified atom stereocenters. The summed E-state index contributed by atoms with van der Waals surface area (Å²) >= 11 is 0. The van der Waals surface area contributed by atoms with E-state index in [1.807, 2.05) is 6.08 Å². The fourth-order valence-electron chi connectivity index (χ4n) is 2.14. The van der Waals surface area contributed by atoms with Crippen LogP contribution >= 0.6 is 0 Å². The van der Waals surface area contributed by atoms with Crippen LogP contribution in [0.2, 0.25) is 0 Å². The molecule has 3 heteroatoms. The van der Waals surface area contributed by atoms with Crippen LogP contribution in [-0.2, 0) is 14.3 Å². The lowest BCUT2D eigenvalue weighted by molar-refractivity contribution is -0.115. The van der Waals surface area contributed by atoms with Gasteiger partial charge >= 0.3 is 0 Å². The predicted octanol–water partition coefficient (Wildman–Crippen LogP) is 2.69. The molecule has 0 fully saturated rings. The van der Waals surface area contributed by atoms with Crippen LogP contribution in [0.4, 0.5) is 0 Å². The number of carbonyl (C=O) groups is 2.